The highest BCUT2D eigenvalue weighted by molar-refractivity contribution is 5.76. The largest absolute Gasteiger partial charge is 0.342 e. The summed E-state index contributed by atoms with van der Waals surface area (Å²) >= 11 is 0. The molecular weight excluding hydrogens is 200 g/mol. The van der Waals surface area contributed by atoms with Crippen LogP contribution in [0.25, 0.3) is 0 Å². The van der Waals surface area contributed by atoms with Crippen molar-refractivity contribution >= 4 is 5.91 Å². The molecule has 2 rings (SSSR count). The summed E-state index contributed by atoms with van der Waals surface area (Å²) in [5.41, 5.74) is 6.08. The van der Waals surface area contributed by atoms with E-state index in [1.165, 1.54) is 19.3 Å². The van der Waals surface area contributed by atoms with Gasteiger partial charge in [0.25, 0.3) is 0 Å². The molecule has 2 N–H and O–H groups in total. The summed E-state index contributed by atoms with van der Waals surface area (Å²) in [7, 11) is 0. The van der Waals surface area contributed by atoms with Crippen molar-refractivity contribution < 1.29 is 4.79 Å². The minimum absolute atomic E-state index is 0.262. The Morgan fingerprint density at radius 1 is 1.31 bits per heavy atom. The fraction of sp³-hybridized carbons (Fsp3) is 0.923. The van der Waals surface area contributed by atoms with Gasteiger partial charge in [-0.25, -0.2) is 0 Å². The first-order valence-electron chi connectivity index (χ1n) is 6.70. The first-order chi connectivity index (χ1) is 7.66. The quantitative estimate of drug-likeness (QED) is 0.777. The molecular formula is C13H24N2O. The average molecular weight is 224 g/mol. The molecule has 3 atom stereocenters. The van der Waals surface area contributed by atoms with Crippen LogP contribution in [0.3, 0.4) is 0 Å². The molecule has 16 heavy (non-hydrogen) atoms. The molecule has 92 valence electrons. The zero-order valence-corrected chi connectivity index (χ0v) is 10.3. The number of carbonyl (C=O) groups is 1. The lowest BCUT2D eigenvalue weighted by Crippen LogP contribution is -2.38. The Morgan fingerprint density at radius 3 is 2.69 bits per heavy atom. The molecule has 0 aromatic carbocycles. The first-order valence-corrected chi connectivity index (χ1v) is 6.70. The van der Waals surface area contributed by atoms with Crippen LogP contribution in [0.5, 0.6) is 0 Å². The lowest BCUT2D eigenvalue weighted by Gasteiger charge is -2.29. The molecule has 3 heteroatoms. The first kappa shape index (κ1) is 11.9. The maximum atomic E-state index is 12.1. The zero-order valence-electron chi connectivity index (χ0n) is 10.3. The van der Waals surface area contributed by atoms with E-state index in [1.54, 1.807) is 0 Å². The second kappa shape index (κ2) is 5.17. The lowest BCUT2D eigenvalue weighted by molar-refractivity contribution is -0.131. The van der Waals surface area contributed by atoms with E-state index in [0.717, 1.165) is 25.9 Å². The van der Waals surface area contributed by atoms with Crippen LogP contribution in [-0.2, 0) is 4.79 Å². The number of carbonyl (C=O) groups excluding carboxylic acids is 1. The Morgan fingerprint density at radius 2 is 2.06 bits per heavy atom. The molecule has 1 aliphatic carbocycles. The van der Waals surface area contributed by atoms with Crippen molar-refractivity contribution in [3.63, 3.8) is 0 Å². The molecule has 2 fully saturated rings. The number of hydrogen-bond donors (Lipinski definition) is 1. The highest BCUT2D eigenvalue weighted by Gasteiger charge is 2.28. The molecule has 2 aliphatic rings. The summed E-state index contributed by atoms with van der Waals surface area (Å²) < 4.78 is 0. The third kappa shape index (κ3) is 2.76. The smallest absolute Gasteiger partial charge is 0.222 e. The van der Waals surface area contributed by atoms with Crippen LogP contribution in [-0.4, -0.2) is 29.9 Å². The molecule has 0 radical (unpaired) electrons. The van der Waals surface area contributed by atoms with E-state index >= 15 is 0 Å². The van der Waals surface area contributed by atoms with Gasteiger partial charge < -0.3 is 10.6 Å². The maximum absolute atomic E-state index is 12.1. The Kier molecular flexibility index (Phi) is 3.85. The third-order valence-corrected chi connectivity index (χ3v) is 4.18. The standard InChI is InChI=1S/C13H24N2O/c1-10-6-7-15(9-10)13(16)8-11-4-2-3-5-12(11)14/h10-12H,2-9,14H2,1H3. The van der Waals surface area contributed by atoms with Crippen LogP contribution in [0.1, 0.15) is 45.4 Å². The van der Waals surface area contributed by atoms with Crippen molar-refractivity contribution in [2.75, 3.05) is 13.1 Å². The second-order valence-corrected chi connectivity index (χ2v) is 5.65. The molecule has 1 heterocycles. The van der Waals surface area contributed by atoms with Gasteiger partial charge in [0.15, 0.2) is 0 Å². The van der Waals surface area contributed by atoms with Gasteiger partial charge in [0.2, 0.25) is 5.91 Å². The average Bonchev–Trinajstić information content (AvgIpc) is 2.68. The van der Waals surface area contributed by atoms with Crippen molar-refractivity contribution in [3.05, 3.63) is 0 Å². The van der Waals surface area contributed by atoms with Crippen molar-refractivity contribution in [2.45, 2.75) is 51.5 Å². The predicted octanol–water partition coefficient (Wildman–Crippen LogP) is 1.76. The number of nitrogens with zero attached hydrogens (tertiary/aromatic N) is 1. The van der Waals surface area contributed by atoms with Gasteiger partial charge in [-0.3, -0.25) is 4.79 Å². The van der Waals surface area contributed by atoms with Gasteiger partial charge in [-0.1, -0.05) is 19.8 Å². The van der Waals surface area contributed by atoms with Gasteiger partial charge in [0.1, 0.15) is 0 Å². The van der Waals surface area contributed by atoms with Crippen LogP contribution in [0.15, 0.2) is 0 Å². The molecule has 1 aliphatic heterocycles. The Balaban J connectivity index is 1.82. The summed E-state index contributed by atoms with van der Waals surface area (Å²) in [4.78, 5) is 14.1. The van der Waals surface area contributed by atoms with Crippen molar-refractivity contribution in [1.82, 2.24) is 4.90 Å². The molecule has 3 nitrogen and oxygen atoms in total. The van der Waals surface area contributed by atoms with Crippen LogP contribution in [0.4, 0.5) is 0 Å². The van der Waals surface area contributed by atoms with Gasteiger partial charge in [-0.15, -0.1) is 0 Å². The fourth-order valence-electron chi connectivity index (χ4n) is 3.00. The molecule has 3 unspecified atom stereocenters. The van der Waals surface area contributed by atoms with E-state index in [1.807, 2.05) is 4.90 Å². The third-order valence-electron chi connectivity index (χ3n) is 4.18. The SMILES string of the molecule is CC1CCN(C(=O)CC2CCCCC2N)C1. The normalized spacial score (nSPS) is 35.4. The van der Waals surface area contributed by atoms with Crippen LogP contribution in [0.2, 0.25) is 0 Å². The minimum atomic E-state index is 0.262. The topological polar surface area (TPSA) is 46.3 Å². The molecule has 1 saturated heterocycles. The molecule has 0 bridgehead atoms. The number of likely N-dealkylation sites (tertiary alicyclic amines) is 1. The summed E-state index contributed by atoms with van der Waals surface area (Å²) in [5.74, 6) is 1.47. The molecule has 1 saturated carbocycles. The summed E-state index contributed by atoms with van der Waals surface area (Å²) in [6.07, 6.45) is 6.61. The van der Waals surface area contributed by atoms with E-state index in [9.17, 15) is 4.79 Å². The Bertz CT molecular complexity index is 254. The fourth-order valence-corrected chi connectivity index (χ4v) is 3.00. The van der Waals surface area contributed by atoms with Gasteiger partial charge in [0, 0.05) is 25.6 Å². The molecule has 0 aromatic rings. The zero-order chi connectivity index (χ0) is 11.5. The second-order valence-electron chi connectivity index (χ2n) is 5.65. The monoisotopic (exact) mass is 224 g/mol. The summed E-state index contributed by atoms with van der Waals surface area (Å²) in [5, 5.41) is 0. The van der Waals surface area contributed by atoms with E-state index in [4.69, 9.17) is 5.73 Å². The van der Waals surface area contributed by atoms with Crippen molar-refractivity contribution in [2.24, 2.45) is 17.6 Å². The van der Waals surface area contributed by atoms with E-state index in [2.05, 4.69) is 6.92 Å². The highest BCUT2D eigenvalue weighted by Crippen LogP contribution is 2.27. The van der Waals surface area contributed by atoms with Gasteiger partial charge in [0.05, 0.1) is 0 Å². The van der Waals surface area contributed by atoms with Gasteiger partial charge >= 0.3 is 0 Å². The Labute approximate surface area is 98.4 Å². The summed E-state index contributed by atoms with van der Waals surface area (Å²) in [6.45, 7) is 4.14. The number of rotatable bonds is 2. The highest BCUT2D eigenvalue weighted by atomic mass is 16.2. The number of amides is 1. The predicted molar refractivity (Wildman–Crippen MR) is 64.9 cm³/mol. The molecule has 0 spiro atoms. The van der Waals surface area contributed by atoms with Crippen LogP contribution >= 0.6 is 0 Å². The maximum Gasteiger partial charge on any atom is 0.222 e. The number of hydrogen-bond acceptors (Lipinski definition) is 2. The van der Waals surface area contributed by atoms with Crippen LogP contribution in [0, 0.1) is 11.8 Å². The van der Waals surface area contributed by atoms with Crippen LogP contribution < -0.4 is 5.73 Å². The molecule has 0 aromatic heterocycles. The van der Waals surface area contributed by atoms with E-state index in [-0.39, 0.29) is 6.04 Å². The number of nitrogens with two attached hydrogens (primary N) is 1. The van der Waals surface area contributed by atoms with E-state index < -0.39 is 0 Å². The Hall–Kier alpha value is -0.570. The lowest BCUT2D eigenvalue weighted by atomic mass is 9.83. The van der Waals surface area contributed by atoms with Crippen molar-refractivity contribution in [1.29, 1.82) is 0 Å². The summed E-state index contributed by atoms with van der Waals surface area (Å²) in [6, 6.07) is 0.262. The van der Waals surface area contributed by atoms with Gasteiger partial charge in [-0.05, 0) is 31.1 Å². The van der Waals surface area contributed by atoms with Crippen molar-refractivity contribution in [3.8, 4) is 0 Å². The van der Waals surface area contributed by atoms with Gasteiger partial charge in [-0.2, -0.15) is 0 Å². The molecule has 1 amide bonds. The van der Waals surface area contributed by atoms with E-state index in [0.29, 0.717) is 24.2 Å². The minimum Gasteiger partial charge on any atom is -0.342 e.